The van der Waals surface area contributed by atoms with E-state index in [2.05, 4.69) is 19.2 Å². The third kappa shape index (κ3) is 3.95. The average molecular weight is 250 g/mol. The molecule has 0 fully saturated rings. The van der Waals surface area contributed by atoms with Crippen LogP contribution in [-0.4, -0.2) is 31.6 Å². The molecule has 0 unspecified atom stereocenters. The number of hydrogen-bond acceptors (Lipinski definition) is 2. The molecule has 1 aromatic rings. The SMILES string of the molecule is CCCOc1ccc(NC(=O)N(C)C)cc1CC. The summed E-state index contributed by atoms with van der Waals surface area (Å²) in [7, 11) is 3.43. The second-order valence-electron chi connectivity index (χ2n) is 4.35. The van der Waals surface area contributed by atoms with E-state index in [-0.39, 0.29) is 6.03 Å². The van der Waals surface area contributed by atoms with Gasteiger partial charge in [-0.2, -0.15) is 0 Å². The van der Waals surface area contributed by atoms with Gasteiger partial charge in [0.05, 0.1) is 6.61 Å². The number of rotatable bonds is 5. The highest BCUT2D eigenvalue weighted by Gasteiger charge is 2.07. The summed E-state index contributed by atoms with van der Waals surface area (Å²) in [6, 6.07) is 5.62. The van der Waals surface area contributed by atoms with Gasteiger partial charge in [0.15, 0.2) is 0 Å². The van der Waals surface area contributed by atoms with Crippen LogP contribution in [-0.2, 0) is 6.42 Å². The van der Waals surface area contributed by atoms with Gasteiger partial charge in [0.2, 0.25) is 0 Å². The van der Waals surface area contributed by atoms with E-state index < -0.39 is 0 Å². The van der Waals surface area contributed by atoms with Gasteiger partial charge < -0.3 is 15.0 Å². The van der Waals surface area contributed by atoms with Crippen LogP contribution in [0.2, 0.25) is 0 Å². The topological polar surface area (TPSA) is 41.6 Å². The van der Waals surface area contributed by atoms with Crippen LogP contribution in [0.3, 0.4) is 0 Å². The first kappa shape index (κ1) is 14.4. The first-order valence-electron chi connectivity index (χ1n) is 6.32. The molecular formula is C14H22N2O2. The van der Waals surface area contributed by atoms with Gasteiger partial charge in [0.25, 0.3) is 0 Å². The highest BCUT2D eigenvalue weighted by atomic mass is 16.5. The zero-order valence-electron chi connectivity index (χ0n) is 11.6. The fourth-order valence-electron chi connectivity index (χ4n) is 1.52. The van der Waals surface area contributed by atoms with Gasteiger partial charge in [-0.3, -0.25) is 0 Å². The normalized spacial score (nSPS) is 10.0. The molecule has 0 heterocycles. The lowest BCUT2D eigenvalue weighted by atomic mass is 10.1. The van der Waals surface area contributed by atoms with Crippen molar-refractivity contribution in [2.75, 3.05) is 26.0 Å². The Balaban J connectivity index is 2.81. The number of benzene rings is 1. The molecule has 18 heavy (non-hydrogen) atoms. The predicted octanol–water partition coefficient (Wildman–Crippen LogP) is 3.13. The lowest BCUT2D eigenvalue weighted by Gasteiger charge is -2.14. The number of urea groups is 1. The quantitative estimate of drug-likeness (QED) is 0.872. The number of anilines is 1. The molecule has 100 valence electrons. The maximum absolute atomic E-state index is 11.6. The van der Waals surface area contributed by atoms with Gasteiger partial charge in [-0.05, 0) is 36.6 Å². The van der Waals surface area contributed by atoms with E-state index in [1.54, 1.807) is 14.1 Å². The lowest BCUT2D eigenvalue weighted by molar-refractivity contribution is 0.230. The van der Waals surface area contributed by atoms with Crippen LogP contribution in [0.1, 0.15) is 25.8 Å². The van der Waals surface area contributed by atoms with E-state index in [0.717, 1.165) is 36.4 Å². The molecule has 0 atom stereocenters. The minimum atomic E-state index is -0.126. The number of amides is 2. The van der Waals surface area contributed by atoms with Crippen molar-refractivity contribution in [2.24, 2.45) is 0 Å². The van der Waals surface area contributed by atoms with Crippen LogP contribution in [0.25, 0.3) is 0 Å². The number of carbonyl (C=O) groups is 1. The largest absolute Gasteiger partial charge is 0.493 e. The second-order valence-corrected chi connectivity index (χ2v) is 4.35. The standard InChI is InChI=1S/C14H22N2O2/c1-5-9-18-13-8-7-12(10-11(13)6-2)15-14(17)16(3)4/h7-8,10H,5-6,9H2,1-4H3,(H,15,17). The summed E-state index contributed by atoms with van der Waals surface area (Å²) in [5.74, 6) is 0.905. The molecule has 0 saturated heterocycles. The van der Waals surface area contributed by atoms with Gasteiger partial charge in [-0.25, -0.2) is 4.79 Å². The molecule has 0 saturated carbocycles. The van der Waals surface area contributed by atoms with Gasteiger partial charge in [0, 0.05) is 19.8 Å². The Morgan fingerprint density at radius 3 is 2.61 bits per heavy atom. The van der Waals surface area contributed by atoms with Crippen molar-refractivity contribution >= 4 is 11.7 Å². The molecular weight excluding hydrogens is 228 g/mol. The summed E-state index contributed by atoms with van der Waals surface area (Å²) in [5, 5.41) is 2.83. The lowest BCUT2D eigenvalue weighted by Crippen LogP contribution is -2.27. The minimum Gasteiger partial charge on any atom is -0.493 e. The van der Waals surface area contributed by atoms with Crippen molar-refractivity contribution < 1.29 is 9.53 Å². The number of aryl methyl sites for hydroxylation is 1. The third-order valence-electron chi connectivity index (χ3n) is 2.56. The van der Waals surface area contributed by atoms with Gasteiger partial charge >= 0.3 is 6.03 Å². The smallest absolute Gasteiger partial charge is 0.321 e. The predicted molar refractivity (Wildman–Crippen MR) is 74.3 cm³/mol. The second kappa shape index (κ2) is 6.89. The maximum atomic E-state index is 11.6. The molecule has 4 heteroatoms. The van der Waals surface area contributed by atoms with E-state index >= 15 is 0 Å². The molecule has 1 aromatic carbocycles. The molecule has 2 amide bonds. The molecule has 0 aliphatic carbocycles. The molecule has 1 N–H and O–H groups in total. The Labute approximate surface area is 109 Å². The molecule has 0 aliphatic rings. The molecule has 4 nitrogen and oxygen atoms in total. The van der Waals surface area contributed by atoms with Gasteiger partial charge in [0.1, 0.15) is 5.75 Å². The van der Waals surface area contributed by atoms with Crippen LogP contribution in [0.4, 0.5) is 10.5 Å². The Hall–Kier alpha value is -1.71. The molecule has 0 bridgehead atoms. The number of hydrogen-bond donors (Lipinski definition) is 1. The molecule has 1 rings (SSSR count). The summed E-state index contributed by atoms with van der Waals surface area (Å²) in [6.45, 7) is 4.87. The van der Waals surface area contributed by atoms with Crippen molar-refractivity contribution in [3.8, 4) is 5.75 Å². The first-order chi connectivity index (χ1) is 8.58. The Bertz CT molecular complexity index is 403. The van der Waals surface area contributed by atoms with Crippen LogP contribution >= 0.6 is 0 Å². The fraction of sp³-hybridized carbons (Fsp3) is 0.500. The van der Waals surface area contributed by atoms with E-state index in [1.807, 2.05) is 18.2 Å². The van der Waals surface area contributed by atoms with Gasteiger partial charge in [-0.1, -0.05) is 13.8 Å². The molecule has 0 spiro atoms. The Morgan fingerprint density at radius 2 is 2.06 bits per heavy atom. The van der Waals surface area contributed by atoms with E-state index in [9.17, 15) is 4.79 Å². The van der Waals surface area contributed by atoms with Crippen molar-refractivity contribution in [1.29, 1.82) is 0 Å². The van der Waals surface area contributed by atoms with Crippen molar-refractivity contribution in [3.63, 3.8) is 0 Å². The highest BCUT2D eigenvalue weighted by molar-refractivity contribution is 5.89. The Morgan fingerprint density at radius 1 is 1.33 bits per heavy atom. The zero-order chi connectivity index (χ0) is 13.5. The van der Waals surface area contributed by atoms with Crippen molar-refractivity contribution in [1.82, 2.24) is 4.90 Å². The summed E-state index contributed by atoms with van der Waals surface area (Å²) in [6.07, 6.45) is 1.87. The summed E-state index contributed by atoms with van der Waals surface area (Å²) in [4.78, 5) is 13.1. The minimum absolute atomic E-state index is 0.126. The van der Waals surface area contributed by atoms with Crippen molar-refractivity contribution in [2.45, 2.75) is 26.7 Å². The average Bonchev–Trinajstić information content (AvgIpc) is 2.36. The van der Waals surface area contributed by atoms with E-state index in [4.69, 9.17) is 4.74 Å². The summed E-state index contributed by atoms with van der Waals surface area (Å²) in [5.41, 5.74) is 1.91. The fourth-order valence-corrected chi connectivity index (χ4v) is 1.52. The van der Waals surface area contributed by atoms with Crippen LogP contribution in [0.15, 0.2) is 18.2 Å². The number of ether oxygens (including phenoxy) is 1. The monoisotopic (exact) mass is 250 g/mol. The zero-order valence-corrected chi connectivity index (χ0v) is 11.6. The first-order valence-corrected chi connectivity index (χ1v) is 6.32. The van der Waals surface area contributed by atoms with Gasteiger partial charge in [-0.15, -0.1) is 0 Å². The van der Waals surface area contributed by atoms with E-state index in [0.29, 0.717) is 0 Å². The Kier molecular flexibility index (Phi) is 5.49. The van der Waals surface area contributed by atoms with Crippen LogP contribution < -0.4 is 10.1 Å². The highest BCUT2D eigenvalue weighted by Crippen LogP contribution is 2.23. The number of carbonyl (C=O) groups excluding carboxylic acids is 1. The molecule has 0 aliphatic heterocycles. The van der Waals surface area contributed by atoms with Crippen LogP contribution in [0, 0.1) is 0 Å². The number of nitrogens with one attached hydrogen (secondary N) is 1. The summed E-state index contributed by atoms with van der Waals surface area (Å²) < 4.78 is 5.66. The maximum Gasteiger partial charge on any atom is 0.321 e. The van der Waals surface area contributed by atoms with Crippen molar-refractivity contribution in [3.05, 3.63) is 23.8 Å². The number of nitrogens with zero attached hydrogens (tertiary/aromatic N) is 1. The van der Waals surface area contributed by atoms with E-state index in [1.165, 1.54) is 4.90 Å². The van der Waals surface area contributed by atoms with Crippen LogP contribution in [0.5, 0.6) is 5.75 Å². The summed E-state index contributed by atoms with van der Waals surface area (Å²) >= 11 is 0. The molecule has 0 aromatic heterocycles. The molecule has 0 radical (unpaired) electrons. The third-order valence-corrected chi connectivity index (χ3v) is 2.56.